The van der Waals surface area contributed by atoms with Crippen LogP contribution < -0.4 is 10.1 Å². The number of rotatable bonds is 5. The minimum atomic E-state index is -2.88. The fourth-order valence-corrected chi connectivity index (χ4v) is 1.72. The summed E-state index contributed by atoms with van der Waals surface area (Å²) in [6.45, 7) is 3.69. The van der Waals surface area contributed by atoms with E-state index in [1.165, 1.54) is 12.3 Å². The van der Waals surface area contributed by atoms with E-state index in [4.69, 9.17) is 0 Å². The van der Waals surface area contributed by atoms with Crippen molar-refractivity contribution in [2.24, 2.45) is 0 Å². The monoisotopic (exact) mass is 296 g/mol. The van der Waals surface area contributed by atoms with Crippen molar-refractivity contribution in [1.29, 1.82) is 0 Å². The Kier molecular flexibility index (Phi) is 4.40. The van der Waals surface area contributed by atoms with Crippen LogP contribution in [0.2, 0.25) is 0 Å². The summed E-state index contributed by atoms with van der Waals surface area (Å²) in [5, 5.41) is 7.25. The largest absolute Gasteiger partial charge is 0.431 e. The molecule has 2 rings (SSSR count). The molecule has 0 fully saturated rings. The Hall–Kier alpha value is -2.18. The third-order valence-corrected chi connectivity index (χ3v) is 2.77. The Morgan fingerprint density at radius 3 is 2.76 bits per heavy atom. The summed E-state index contributed by atoms with van der Waals surface area (Å²) in [6.07, 6.45) is 5.15. The van der Waals surface area contributed by atoms with Crippen molar-refractivity contribution in [2.45, 2.75) is 39.5 Å². The topological polar surface area (TPSA) is 52.0 Å². The lowest BCUT2D eigenvalue weighted by molar-refractivity contribution is -0.0495. The lowest BCUT2D eigenvalue weighted by Crippen LogP contribution is -2.22. The normalized spacial score (nSPS) is 11.7. The van der Waals surface area contributed by atoms with Gasteiger partial charge in [-0.3, -0.25) is 4.68 Å². The van der Waals surface area contributed by atoms with Gasteiger partial charge in [-0.15, -0.1) is 0 Å². The van der Waals surface area contributed by atoms with Gasteiger partial charge in [-0.05, 0) is 32.9 Å². The minimum absolute atomic E-state index is 0.0238. The number of pyridine rings is 1. The fourth-order valence-electron chi connectivity index (χ4n) is 1.72. The maximum Gasteiger partial charge on any atom is 0.387 e. The molecule has 0 saturated carbocycles. The second kappa shape index (κ2) is 6.07. The predicted molar refractivity (Wildman–Crippen MR) is 75.4 cm³/mol. The van der Waals surface area contributed by atoms with Crippen LogP contribution in [0.5, 0.6) is 5.75 Å². The average Bonchev–Trinajstić information content (AvgIpc) is 2.86. The Bertz CT molecular complexity index is 593. The van der Waals surface area contributed by atoms with Crippen LogP contribution in [-0.2, 0) is 12.1 Å². The van der Waals surface area contributed by atoms with Crippen molar-refractivity contribution in [3.63, 3.8) is 0 Å². The molecule has 0 aliphatic carbocycles. The molecule has 7 heteroatoms. The second-order valence-electron chi connectivity index (χ2n) is 5.55. The number of hydrogen-bond donors (Lipinski definition) is 1. The van der Waals surface area contributed by atoms with Gasteiger partial charge in [-0.2, -0.15) is 13.9 Å². The molecule has 114 valence electrons. The van der Waals surface area contributed by atoms with Crippen LogP contribution in [0.3, 0.4) is 0 Å². The number of nitrogens with zero attached hydrogens (tertiary/aromatic N) is 3. The van der Waals surface area contributed by atoms with E-state index < -0.39 is 6.61 Å². The third-order valence-electron chi connectivity index (χ3n) is 2.77. The molecule has 0 aliphatic rings. The Labute approximate surface area is 121 Å². The highest BCUT2D eigenvalue weighted by molar-refractivity contribution is 5.49. The first kappa shape index (κ1) is 15.2. The van der Waals surface area contributed by atoms with Crippen LogP contribution >= 0.6 is 0 Å². The Balaban J connectivity index is 2.05. The number of halogens is 2. The Morgan fingerprint density at radius 1 is 1.38 bits per heavy atom. The van der Waals surface area contributed by atoms with E-state index >= 15 is 0 Å². The van der Waals surface area contributed by atoms with E-state index in [-0.39, 0.29) is 17.1 Å². The zero-order valence-electron chi connectivity index (χ0n) is 12.2. The molecular weight excluding hydrogens is 278 g/mol. The predicted octanol–water partition coefficient (Wildman–Crippen LogP) is 3.25. The van der Waals surface area contributed by atoms with Crippen molar-refractivity contribution in [3.8, 4) is 5.75 Å². The number of aromatic nitrogens is 3. The first-order chi connectivity index (χ1) is 9.86. The molecule has 5 nitrogen and oxygen atoms in total. The van der Waals surface area contributed by atoms with E-state index in [0.717, 1.165) is 5.56 Å². The summed E-state index contributed by atoms with van der Waals surface area (Å²) in [5.41, 5.74) is 0.825. The molecule has 0 amide bonds. The standard InChI is InChI=1S/C14H18F2N4O/c1-14(2,3)20-9-10(8-19-20)7-18-12-11(21-13(15)16)5-4-6-17-12/h4-6,8-9,13H,7H2,1-3H3,(H,17,18). The van der Waals surface area contributed by atoms with E-state index in [0.29, 0.717) is 6.54 Å². The van der Waals surface area contributed by atoms with Crippen LogP contribution in [0.1, 0.15) is 26.3 Å². The fraction of sp³-hybridized carbons (Fsp3) is 0.429. The van der Waals surface area contributed by atoms with Gasteiger partial charge in [0.05, 0.1) is 11.7 Å². The van der Waals surface area contributed by atoms with Crippen molar-refractivity contribution >= 4 is 5.82 Å². The van der Waals surface area contributed by atoms with Crippen molar-refractivity contribution < 1.29 is 13.5 Å². The number of anilines is 1. The molecule has 21 heavy (non-hydrogen) atoms. The maximum absolute atomic E-state index is 12.3. The number of alkyl halides is 2. The zero-order chi connectivity index (χ0) is 15.5. The SMILES string of the molecule is CC(C)(C)n1cc(CNc2ncccc2OC(F)F)cn1. The molecule has 0 aromatic carbocycles. The molecule has 0 aliphatic heterocycles. The highest BCUT2D eigenvalue weighted by atomic mass is 19.3. The smallest absolute Gasteiger partial charge is 0.387 e. The second-order valence-corrected chi connectivity index (χ2v) is 5.55. The van der Waals surface area contributed by atoms with Crippen LogP contribution in [0.25, 0.3) is 0 Å². The van der Waals surface area contributed by atoms with Gasteiger partial charge in [0.25, 0.3) is 0 Å². The molecule has 2 heterocycles. The van der Waals surface area contributed by atoms with Gasteiger partial charge in [0.2, 0.25) is 0 Å². The molecule has 2 aromatic heterocycles. The van der Waals surface area contributed by atoms with E-state index in [1.807, 2.05) is 31.6 Å². The highest BCUT2D eigenvalue weighted by Crippen LogP contribution is 2.23. The molecule has 2 aromatic rings. The first-order valence-corrected chi connectivity index (χ1v) is 6.54. The summed E-state index contributed by atoms with van der Waals surface area (Å²) < 4.78 is 30.9. The zero-order valence-corrected chi connectivity index (χ0v) is 12.2. The van der Waals surface area contributed by atoms with Crippen molar-refractivity contribution in [1.82, 2.24) is 14.8 Å². The van der Waals surface area contributed by atoms with Gasteiger partial charge in [0, 0.05) is 24.5 Å². The number of nitrogens with one attached hydrogen (secondary N) is 1. The Morgan fingerprint density at radius 2 is 2.14 bits per heavy atom. The summed E-state index contributed by atoms with van der Waals surface area (Å²) in [5.74, 6) is 0.303. The summed E-state index contributed by atoms with van der Waals surface area (Å²) in [4.78, 5) is 4.01. The van der Waals surface area contributed by atoms with Gasteiger partial charge >= 0.3 is 6.61 Å². The lowest BCUT2D eigenvalue weighted by Gasteiger charge is -2.18. The molecule has 0 atom stereocenters. The van der Waals surface area contributed by atoms with Crippen LogP contribution in [-0.4, -0.2) is 21.4 Å². The van der Waals surface area contributed by atoms with E-state index in [9.17, 15) is 8.78 Å². The van der Waals surface area contributed by atoms with Gasteiger partial charge in [-0.1, -0.05) is 0 Å². The molecule has 1 N–H and O–H groups in total. The van der Waals surface area contributed by atoms with Gasteiger partial charge in [0.1, 0.15) is 0 Å². The molecule has 0 radical (unpaired) electrons. The summed E-state index contributed by atoms with van der Waals surface area (Å²) >= 11 is 0. The van der Waals surface area contributed by atoms with E-state index in [2.05, 4.69) is 20.1 Å². The maximum atomic E-state index is 12.3. The molecule has 0 spiro atoms. The van der Waals surface area contributed by atoms with Crippen molar-refractivity contribution in [3.05, 3.63) is 36.3 Å². The lowest BCUT2D eigenvalue weighted by atomic mass is 10.1. The number of hydrogen-bond acceptors (Lipinski definition) is 4. The average molecular weight is 296 g/mol. The quantitative estimate of drug-likeness (QED) is 0.920. The van der Waals surface area contributed by atoms with Crippen molar-refractivity contribution in [2.75, 3.05) is 5.32 Å². The highest BCUT2D eigenvalue weighted by Gasteiger charge is 2.14. The van der Waals surface area contributed by atoms with Crippen LogP contribution in [0.15, 0.2) is 30.7 Å². The summed E-state index contributed by atoms with van der Waals surface area (Å²) in [6, 6.07) is 2.99. The third kappa shape index (κ3) is 4.14. The minimum Gasteiger partial charge on any atom is -0.431 e. The molecule has 0 bridgehead atoms. The van der Waals surface area contributed by atoms with Gasteiger partial charge in [-0.25, -0.2) is 4.98 Å². The van der Waals surface area contributed by atoms with Crippen LogP contribution in [0, 0.1) is 0 Å². The first-order valence-electron chi connectivity index (χ1n) is 6.54. The van der Waals surface area contributed by atoms with E-state index in [1.54, 1.807) is 12.3 Å². The van der Waals surface area contributed by atoms with Gasteiger partial charge < -0.3 is 10.1 Å². The molecular formula is C14H18F2N4O. The summed E-state index contributed by atoms with van der Waals surface area (Å²) in [7, 11) is 0. The molecule has 0 saturated heterocycles. The number of ether oxygens (including phenoxy) is 1. The molecule has 0 unspecified atom stereocenters. The van der Waals surface area contributed by atoms with Gasteiger partial charge in [0.15, 0.2) is 11.6 Å². The van der Waals surface area contributed by atoms with Crippen LogP contribution in [0.4, 0.5) is 14.6 Å².